The van der Waals surface area contributed by atoms with Crippen molar-refractivity contribution in [3.05, 3.63) is 24.3 Å². The van der Waals surface area contributed by atoms with Crippen molar-refractivity contribution in [3.8, 4) is 0 Å². The van der Waals surface area contributed by atoms with E-state index in [0.29, 0.717) is 12.2 Å². The first kappa shape index (κ1) is 13.6. The zero-order valence-electron chi connectivity index (χ0n) is 9.44. The smallest absolute Gasteiger partial charge is 0.411 e. The number of carbonyl (C=O) groups excluding carboxylic acids is 1. The number of rotatable bonds is 5. The first-order chi connectivity index (χ1) is 8.15. The summed E-state index contributed by atoms with van der Waals surface area (Å²) in [6.45, 7) is 0.352. The van der Waals surface area contributed by atoms with Crippen LogP contribution in [0.4, 0.5) is 16.2 Å². The van der Waals surface area contributed by atoms with Gasteiger partial charge in [0.25, 0.3) is 0 Å². The number of methoxy groups -OCH3 is 1. The quantitative estimate of drug-likeness (QED) is 0.706. The van der Waals surface area contributed by atoms with Gasteiger partial charge in [0.1, 0.15) is 0 Å². The third-order valence-corrected chi connectivity index (χ3v) is 2.37. The van der Waals surface area contributed by atoms with E-state index in [9.17, 15) is 9.90 Å². The molecule has 1 aromatic rings. The molecule has 0 aliphatic rings. The van der Waals surface area contributed by atoms with Gasteiger partial charge < -0.3 is 15.2 Å². The minimum atomic E-state index is -0.603. The van der Waals surface area contributed by atoms with Crippen LogP contribution in [0.3, 0.4) is 0 Å². The van der Waals surface area contributed by atoms with Gasteiger partial charge in [0.15, 0.2) is 0 Å². The van der Waals surface area contributed by atoms with Crippen molar-refractivity contribution in [2.45, 2.75) is 6.10 Å². The number of hydrogen-bond donors (Lipinski definition) is 3. The number of alkyl halides is 1. The van der Waals surface area contributed by atoms with Crippen LogP contribution >= 0.6 is 11.6 Å². The Morgan fingerprint density at radius 2 is 2.24 bits per heavy atom. The van der Waals surface area contributed by atoms with Gasteiger partial charge in [-0.25, -0.2) is 4.79 Å². The Balaban J connectivity index is 2.56. The highest BCUT2D eigenvalue weighted by molar-refractivity contribution is 6.18. The molecule has 0 aliphatic heterocycles. The van der Waals surface area contributed by atoms with Gasteiger partial charge >= 0.3 is 6.09 Å². The Bertz CT molecular complexity index is 373. The van der Waals surface area contributed by atoms with Gasteiger partial charge in [-0.1, -0.05) is 6.07 Å². The van der Waals surface area contributed by atoms with Crippen LogP contribution in [0, 0.1) is 0 Å². The van der Waals surface area contributed by atoms with E-state index in [4.69, 9.17) is 11.6 Å². The number of anilines is 2. The lowest BCUT2D eigenvalue weighted by molar-refractivity contribution is 0.187. The maximum Gasteiger partial charge on any atom is 0.411 e. The molecule has 3 N–H and O–H groups in total. The Morgan fingerprint density at radius 3 is 2.88 bits per heavy atom. The Kier molecular flexibility index (Phi) is 5.59. The van der Waals surface area contributed by atoms with Crippen molar-refractivity contribution in [1.29, 1.82) is 0 Å². The van der Waals surface area contributed by atoms with Gasteiger partial charge in [0.2, 0.25) is 0 Å². The lowest BCUT2D eigenvalue weighted by Crippen LogP contribution is -2.20. The van der Waals surface area contributed by atoms with Crippen LogP contribution in [0.1, 0.15) is 0 Å². The lowest BCUT2D eigenvalue weighted by atomic mass is 10.2. The second-order valence-corrected chi connectivity index (χ2v) is 3.70. The fourth-order valence-electron chi connectivity index (χ4n) is 1.17. The molecule has 0 aromatic heterocycles. The molecule has 0 fully saturated rings. The highest BCUT2D eigenvalue weighted by atomic mass is 35.5. The number of amides is 1. The highest BCUT2D eigenvalue weighted by Gasteiger charge is 2.03. The summed E-state index contributed by atoms with van der Waals surface area (Å²) in [6.07, 6.45) is -1.13. The molecule has 1 rings (SSSR count). The predicted molar refractivity (Wildman–Crippen MR) is 67.7 cm³/mol. The molecule has 94 valence electrons. The van der Waals surface area contributed by atoms with E-state index in [1.807, 2.05) is 6.07 Å². The molecule has 5 nitrogen and oxygen atoms in total. The van der Waals surface area contributed by atoms with Gasteiger partial charge in [0, 0.05) is 17.9 Å². The third kappa shape index (κ3) is 4.93. The van der Waals surface area contributed by atoms with Crippen LogP contribution < -0.4 is 10.6 Å². The summed E-state index contributed by atoms with van der Waals surface area (Å²) in [7, 11) is 1.30. The fraction of sp³-hybridized carbons (Fsp3) is 0.364. The van der Waals surface area contributed by atoms with Gasteiger partial charge in [-0.05, 0) is 18.2 Å². The number of nitrogens with one attached hydrogen (secondary N) is 2. The van der Waals surface area contributed by atoms with Gasteiger partial charge in [0.05, 0.1) is 19.1 Å². The summed E-state index contributed by atoms with van der Waals surface area (Å²) in [6, 6.07) is 7.07. The van der Waals surface area contributed by atoms with E-state index in [2.05, 4.69) is 15.4 Å². The number of hydrogen-bond acceptors (Lipinski definition) is 4. The summed E-state index contributed by atoms with van der Waals surface area (Å²) in [5.41, 5.74) is 1.39. The van der Waals surface area contributed by atoms with Crippen molar-refractivity contribution < 1.29 is 14.6 Å². The van der Waals surface area contributed by atoms with Crippen LogP contribution in [0.5, 0.6) is 0 Å². The molecule has 0 heterocycles. The molecule has 1 atom stereocenters. The standard InChI is InChI=1S/C11H15ClN2O3/c1-17-11(16)14-9-4-2-3-8(5-9)13-7-10(15)6-12/h2-5,10,13,15H,6-7H2,1H3,(H,14,16). The first-order valence-corrected chi connectivity index (χ1v) is 5.62. The number of aliphatic hydroxyl groups excluding tert-OH is 1. The Hall–Kier alpha value is -1.46. The highest BCUT2D eigenvalue weighted by Crippen LogP contribution is 2.15. The van der Waals surface area contributed by atoms with Crippen molar-refractivity contribution in [1.82, 2.24) is 0 Å². The first-order valence-electron chi connectivity index (χ1n) is 5.08. The van der Waals surface area contributed by atoms with Gasteiger partial charge in [-0.3, -0.25) is 5.32 Å². The van der Waals surface area contributed by atoms with Gasteiger partial charge in [-0.15, -0.1) is 11.6 Å². The van der Waals surface area contributed by atoms with Crippen LogP contribution in [0.25, 0.3) is 0 Å². The number of carbonyl (C=O) groups is 1. The lowest BCUT2D eigenvalue weighted by Gasteiger charge is -2.11. The van der Waals surface area contributed by atoms with Crippen molar-refractivity contribution in [3.63, 3.8) is 0 Å². The van der Waals surface area contributed by atoms with E-state index in [0.717, 1.165) is 5.69 Å². The maximum atomic E-state index is 11.0. The second-order valence-electron chi connectivity index (χ2n) is 3.39. The minimum absolute atomic E-state index is 0.174. The van der Waals surface area contributed by atoms with Crippen LogP contribution in [0.2, 0.25) is 0 Å². The average molecular weight is 259 g/mol. The van der Waals surface area contributed by atoms with Crippen LogP contribution in [-0.2, 0) is 4.74 Å². The second kappa shape index (κ2) is 6.98. The minimum Gasteiger partial charge on any atom is -0.453 e. The molecule has 1 amide bonds. The molecular weight excluding hydrogens is 244 g/mol. The monoisotopic (exact) mass is 258 g/mol. The molecule has 0 spiro atoms. The zero-order chi connectivity index (χ0) is 12.7. The zero-order valence-corrected chi connectivity index (χ0v) is 10.2. The predicted octanol–water partition coefficient (Wildman–Crippen LogP) is 1.88. The Labute approximate surface area is 105 Å². The molecule has 17 heavy (non-hydrogen) atoms. The molecule has 0 aliphatic carbocycles. The van der Waals surface area contributed by atoms with Gasteiger partial charge in [-0.2, -0.15) is 0 Å². The Morgan fingerprint density at radius 1 is 1.53 bits per heavy atom. The molecular formula is C11H15ClN2O3. The van der Waals surface area contributed by atoms with E-state index in [1.54, 1.807) is 18.2 Å². The van der Waals surface area contributed by atoms with Crippen molar-refractivity contribution in [2.24, 2.45) is 0 Å². The average Bonchev–Trinajstić information content (AvgIpc) is 2.36. The van der Waals surface area contributed by atoms with E-state index < -0.39 is 12.2 Å². The van der Waals surface area contributed by atoms with Crippen molar-refractivity contribution >= 4 is 29.1 Å². The summed E-state index contributed by atoms with van der Waals surface area (Å²) in [4.78, 5) is 11.0. The number of benzene rings is 1. The van der Waals surface area contributed by atoms with Crippen LogP contribution in [0.15, 0.2) is 24.3 Å². The van der Waals surface area contributed by atoms with Crippen LogP contribution in [-0.4, -0.2) is 36.8 Å². The number of ether oxygens (including phenoxy) is 1. The van der Waals surface area contributed by atoms with E-state index >= 15 is 0 Å². The summed E-state index contributed by atoms with van der Waals surface area (Å²) < 4.78 is 4.48. The molecule has 0 bridgehead atoms. The largest absolute Gasteiger partial charge is 0.453 e. The van der Waals surface area contributed by atoms with E-state index in [1.165, 1.54) is 7.11 Å². The molecule has 0 saturated heterocycles. The normalized spacial score (nSPS) is 11.7. The molecule has 1 unspecified atom stereocenters. The number of halogens is 1. The summed E-state index contributed by atoms with van der Waals surface area (Å²) in [5.74, 6) is 0.174. The molecule has 1 aromatic carbocycles. The third-order valence-electron chi connectivity index (χ3n) is 2.01. The van der Waals surface area contributed by atoms with E-state index in [-0.39, 0.29) is 5.88 Å². The molecule has 6 heteroatoms. The summed E-state index contributed by atoms with van der Waals surface area (Å²) in [5, 5.41) is 14.8. The fourth-order valence-corrected chi connectivity index (χ4v) is 1.28. The van der Waals surface area contributed by atoms with Crippen molar-refractivity contribution in [2.75, 3.05) is 30.2 Å². The number of aliphatic hydroxyl groups is 1. The maximum absolute atomic E-state index is 11.0. The molecule has 0 radical (unpaired) electrons. The summed E-state index contributed by atoms with van der Waals surface area (Å²) >= 11 is 5.47. The topological polar surface area (TPSA) is 70.6 Å². The molecule has 0 saturated carbocycles. The SMILES string of the molecule is COC(=O)Nc1cccc(NCC(O)CCl)c1.